The Labute approximate surface area is 95.1 Å². The Kier molecular flexibility index (Phi) is 1.82. The molecule has 1 aliphatic heterocycles. The van der Waals surface area contributed by atoms with E-state index in [9.17, 15) is 0 Å². The molecule has 0 atom stereocenters. The highest BCUT2D eigenvalue weighted by Gasteiger charge is 2.24. The lowest BCUT2D eigenvalue weighted by Gasteiger charge is -2.19. The van der Waals surface area contributed by atoms with Gasteiger partial charge in [-0.15, -0.1) is 0 Å². The topological polar surface area (TPSA) is 26.5 Å². The summed E-state index contributed by atoms with van der Waals surface area (Å²) >= 11 is 0. The van der Waals surface area contributed by atoms with E-state index in [1.54, 1.807) is 0 Å². The van der Waals surface area contributed by atoms with Gasteiger partial charge in [0.25, 0.3) is 0 Å². The van der Waals surface area contributed by atoms with Gasteiger partial charge in [-0.2, -0.15) is 0 Å². The van der Waals surface area contributed by atoms with Crippen LogP contribution in [0, 0.1) is 0 Å². The molecular weight excluding hydrogens is 200 g/mol. The van der Waals surface area contributed by atoms with Crippen LogP contribution in [-0.2, 0) is 11.8 Å². The first kappa shape index (κ1) is 9.70. The van der Waals surface area contributed by atoms with Gasteiger partial charge in [0, 0.05) is 23.6 Å². The van der Waals surface area contributed by atoms with Crippen LogP contribution >= 0.6 is 0 Å². The molecule has 0 N–H and O–H groups in total. The van der Waals surface area contributed by atoms with E-state index in [1.165, 1.54) is 11.3 Å². The molecule has 0 unspecified atom stereocenters. The Morgan fingerprint density at radius 2 is 2.12 bits per heavy atom. The molecule has 0 aromatic carbocycles. The molecule has 0 saturated carbocycles. The third kappa shape index (κ3) is 1.24. The largest absolute Gasteiger partial charge is 0.478 e. The smallest absolute Gasteiger partial charge is 0.202 e. The fourth-order valence-corrected chi connectivity index (χ4v) is 2.22. The number of pyridine rings is 1. The van der Waals surface area contributed by atoms with Crippen LogP contribution in [-0.4, -0.2) is 16.0 Å². The van der Waals surface area contributed by atoms with Gasteiger partial charge in [0.05, 0.1) is 12.3 Å². The van der Waals surface area contributed by atoms with Gasteiger partial charge in [-0.1, -0.05) is 20.8 Å². The van der Waals surface area contributed by atoms with Gasteiger partial charge in [0.15, 0.2) is 0 Å². The molecule has 0 spiro atoms. The molecule has 3 heterocycles. The summed E-state index contributed by atoms with van der Waals surface area (Å²) in [5, 5.41) is 0. The second-order valence-corrected chi connectivity index (χ2v) is 5.35. The molecule has 0 bridgehead atoms. The number of aromatic nitrogens is 2. The number of hydrogen-bond acceptors (Lipinski definition) is 2. The zero-order valence-corrected chi connectivity index (χ0v) is 9.95. The van der Waals surface area contributed by atoms with E-state index in [-0.39, 0.29) is 5.41 Å². The van der Waals surface area contributed by atoms with E-state index >= 15 is 0 Å². The summed E-state index contributed by atoms with van der Waals surface area (Å²) in [5.41, 5.74) is 3.56. The van der Waals surface area contributed by atoms with Crippen molar-refractivity contribution in [2.75, 3.05) is 6.61 Å². The predicted molar refractivity (Wildman–Crippen MR) is 63.1 cm³/mol. The predicted octanol–water partition coefficient (Wildman–Crippen LogP) is 2.57. The third-order valence-electron chi connectivity index (χ3n) is 3.08. The molecule has 0 radical (unpaired) electrons. The standard InChI is InChI=1S/C13H16N2O/c1-13(2,3)10-8-14-11-5-4-9-6-7-16-12(9)15(10)11/h4-5,8H,6-7H2,1-3H3. The number of rotatable bonds is 0. The van der Waals surface area contributed by atoms with Crippen LogP contribution in [0.1, 0.15) is 32.0 Å². The second-order valence-electron chi connectivity index (χ2n) is 5.35. The van der Waals surface area contributed by atoms with Crippen LogP contribution in [0.15, 0.2) is 18.3 Å². The number of hydrogen-bond donors (Lipinski definition) is 0. The average molecular weight is 216 g/mol. The second kappa shape index (κ2) is 3.00. The van der Waals surface area contributed by atoms with Crippen molar-refractivity contribution in [3.8, 4) is 5.88 Å². The lowest BCUT2D eigenvalue weighted by Crippen LogP contribution is -2.14. The minimum atomic E-state index is 0.0838. The summed E-state index contributed by atoms with van der Waals surface area (Å²) < 4.78 is 7.88. The highest BCUT2D eigenvalue weighted by Crippen LogP contribution is 2.32. The van der Waals surface area contributed by atoms with Crippen LogP contribution < -0.4 is 4.74 Å². The van der Waals surface area contributed by atoms with Crippen molar-refractivity contribution in [1.82, 2.24) is 9.38 Å². The monoisotopic (exact) mass is 216 g/mol. The summed E-state index contributed by atoms with van der Waals surface area (Å²) in [6.07, 6.45) is 2.96. The maximum atomic E-state index is 5.73. The lowest BCUT2D eigenvalue weighted by molar-refractivity contribution is 0.337. The van der Waals surface area contributed by atoms with Gasteiger partial charge in [-0.3, -0.25) is 4.40 Å². The lowest BCUT2D eigenvalue weighted by atomic mass is 9.93. The summed E-state index contributed by atoms with van der Waals surface area (Å²) in [6.45, 7) is 7.39. The van der Waals surface area contributed by atoms with E-state index in [0.717, 1.165) is 24.6 Å². The summed E-state index contributed by atoms with van der Waals surface area (Å²) in [7, 11) is 0. The average Bonchev–Trinajstić information content (AvgIpc) is 2.81. The van der Waals surface area contributed by atoms with Gasteiger partial charge < -0.3 is 4.74 Å². The molecule has 2 aromatic heterocycles. The van der Waals surface area contributed by atoms with Crippen LogP contribution in [0.2, 0.25) is 0 Å². The highest BCUT2D eigenvalue weighted by atomic mass is 16.5. The molecule has 0 fully saturated rings. The van der Waals surface area contributed by atoms with Gasteiger partial charge in [0.2, 0.25) is 5.88 Å². The summed E-state index contributed by atoms with van der Waals surface area (Å²) in [6, 6.07) is 4.19. The van der Waals surface area contributed by atoms with Gasteiger partial charge in [-0.05, 0) is 12.1 Å². The Bertz CT molecular complexity index is 549. The minimum Gasteiger partial charge on any atom is -0.478 e. The Hall–Kier alpha value is -1.51. The number of ether oxygens (including phenoxy) is 1. The van der Waals surface area contributed by atoms with Crippen LogP contribution in [0.5, 0.6) is 5.88 Å². The third-order valence-corrected chi connectivity index (χ3v) is 3.08. The van der Waals surface area contributed by atoms with Crippen molar-refractivity contribution in [1.29, 1.82) is 0 Å². The SMILES string of the molecule is CC(C)(C)c1cnc2ccc3c(n12)OCC3. The first-order chi connectivity index (χ1) is 7.57. The molecule has 1 aliphatic rings. The zero-order valence-electron chi connectivity index (χ0n) is 9.95. The van der Waals surface area contributed by atoms with E-state index in [4.69, 9.17) is 4.74 Å². The molecule has 0 aliphatic carbocycles. The van der Waals surface area contributed by atoms with E-state index in [1.807, 2.05) is 6.20 Å². The van der Waals surface area contributed by atoms with Gasteiger partial charge in [0.1, 0.15) is 5.65 Å². The molecule has 84 valence electrons. The minimum absolute atomic E-state index is 0.0838. The van der Waals surface area contributed by atoms with Crippen LogP contribution in [0.25, 0.3) is 5.65 Å². The maximum absolute atomic E-state index is 5.73. The Morgan fingerprint density at radius 1 is 1.31 bits per heavy atom. The molecule has 3 heteroatoms. The molecular formula is C13H16N2O. The quantitative estimate of drug-likeness (QED) is 0.676. The summed E-state index contributed by atoms with van der Waals surface area (Å²) in [5.74, 6) is 0.986. The molecule has 3 rings (SSSR count). The maximum Gasteiger partial charge on any atom is 0.202 e. The van der Waals surface area contributed by atoms with Crippen molar-refractivity contribution in [3.05, 3.63) is 29.6 Å². The molecule has 0 saturated heterocycles. The molecule has 0 amide bonds. The Balaban J connectivity index is 2.36. The fraction of sp³-hybridized carbons (Fsp3) is 0.462. The normalized spacial score (nSPS) is 15.2. The van der Waals surface area contributed by atoms with Crippen molar-refractivity contribution in [2.24, 2.45) is 0 Å². The van der Waals surface area contributed by atoms with Gasteiger partial charge in [-0.25, -0.2) is 4.98 Å². The van der Waals surface area contributed by atoms with Crippen molar-refractivity contribution in [3.63, 3.8) is 0 Å². The van der Waals surface area contributed by atoms with Crippen molar-refractivity contribution in [2.45, 2.75) is 32.6 Å². The fourth-order valence-electron chi connectivity index (χ4n) is 2.22. The summed E-state index contributed by atoms with van der Waals surface area (Å²) in [4.78, 5) is 4.45. The van der Waals surface area contributed by atoms with Crippen LogP contribution in [0.4, 0.5) is 0 Å². The molecule has 2 aromatic rings. The Morgan fingerprint density at radius 3 is 2.88 bits per heavy atom. The van der Waals surface area contributed by atoms with E-state index in [2.05, 4.69) is 42.3 Å². The van der Waals surface area contributed by atoms with Crippen molar-refractivity contribution >= 4 is 5.65 Å². The van der Waals surface area contributed by atoms with Gasteiger partial charge >= 0.3 is 0 Å². The highest BCUT2D eigenvalue weighted by molar-refractivity contribution is 5.50. The molecule has 16 heavy (non-hydrogen) atoms. The first-order valence-corrected chi connectivity index (χ1v) is 5.70. The number of imidazole rings is 1. The number of nitrogens with zero attached hydrogens (tertiary/aromatic N) is 2. The van der Waals surface area contributed by atoms with E-state index < -0.39 is 0 Å². The zero-order chi connectivity index (χ0) is 11.3. The molecule has 3 nitrogen and oxygen atoms in total. The first-order valence-electron chi connectivity index (χ1n) is 5.70. The van der Waals surface area contributed by atoms with E-state index in [0.29, 0.717) is 0 Å². The number of fused-ring (bicyclic) bond motifs is 3. The van der Waals surface area contributed by atoms with Crippen molar-refractivity contribution < 1.29 is 4.74 Å². The van der Waals surface area contributed by atoms with Crippen LogP contribution in [0.3, 0.4) is 0 Å².